The highest BCUT2D eigenvalue weighted by Crippen LogP contribution is 2.17. The van der Waals surface area contributed by atoms with Crippen LogP contribution in [0.5, 0.6) is 0 Å². The van der Waals surface area contributed by atoms with Crippen LogP contribution in [0.25, 0.3) is 11.0 Å². The van der Waals surface area contributed by atoms with E-state index < -0.39 is 0 Å². The molecule has 3 rings (SSSR count). The minimum atomic E-state index is -0.00150. The molecule has 0 radical (unpaired) electrons. The van der Waals surface area contributed by atoms with Gasteiger partial charge in [-0.3, -0.25) is 4.79 Å². The minimum Gasteiger partial charge on any atom is -0.352 e. The van der Waals surface area contributed by atoms with E-state index in [1.165, 1.54) is 0 Å². The van der Waals surface area contributed by atoms with Crippen LogP contribution in [0.15, 0.2) is 67.3 Å². The van der Waals surface area contributed by atoms with Crippen LogP contribution in [-0.4, -0.2) is 22.0 Å². The van der Waals surface area contributed by atoms with Gasteiger partial charge in [-0.15, -0.1) is 6.58 Å². The Bertz CT molecular complexity index is 867. The first kappa shape index (κ1) is 17.9. The Balaban J connectivity index is 1.45. The Morgan fingerprint density at radius 2 is 1.81 bits per heavy atom. The van der Waals surface area contributed by atoms with E-state index in [1.54, 1.807) is 0 Å². The molecule has 0 fully saturated rings. The molecule has 3 aromatic rings. The number of aryl methyl sites for hydroxylation is 1. The van der Waals surface area contributed by atoms with Crippen molar-refractivity contribution in [1.29, 1.82) is 0 Å². The zero-order chi connectivity index (χ0) is 18.2. The summed E-state index contributed by atoms with van der Waals surface area (Å²) in [5, 5.41) is 2.98. The smallest absolute Gasteiger partial charge is 0.251 e. The number of unbranched alkanes of at least 4 members (excludes halogenated alkanes) is 2. The lowest BCUT2D eigenvalue weighted by molar-refractivity contribution is 0.0953. The van der Waals surface area contributed by atoms with Crippen molar-refractivity contribution in [2.75, 3.05) is 6.54 Å². The zero-order valence-electron chi connectivity index (χ0n) is 15.0. The highest BCUT2D eigenvalue weighted by atomic mass is 16.1. The molecule has 1 heterocycles. The Kier molecular flexibility index (Phi) is 6.20. The number of para-hydroxylation sites is 2. The van der Waals surface area contributed by atoms with Gasteiger partial charge in [-0.1, -0.05) is 42.8 Å². The van der Waals surface area contributed by atoms with Gasteiger partial charge in [-0.05, 0) is 37.1 Å². The summed E-state index contributed by atoms with van der Waals surface area (Å²) >= 11 is 0. The van der Waals surface area contributed by atoms with Crippen LogP contribution < -0.4 is 5.32 Å². The van der Waals surface area contributed by atoms with Gasteiger partial charge < -0.3 is 9.88 Å². The minimum absolute atomic E-state index is 0.00150. The molecule has 0 aliphatic carbocycles. The summed E-state index contributed by atoms with van der Waals surface area (Å²) in [6.45, 7) is 5.34. The van der Waals surface area contributed by atoms with Crippen molar-refractivity contribution in [3.8, 4) is 0 Å². The van der Waals surface area contributed by atoms with Crippen LogP contribution in [0.2, 0.25) is 0 Å². The average molecular weight is 347 g/mol. The van der Waals surface area contributed by atoms with Gasteiger partial charge >= 0.3 is 0 Å². The lowest BCUT2D eigenvalue weighted by Gasteiger charge is -2.07. The third-order valence-electron chi connectivity index (χ3n) is 4.44. The number of rotatable bonds is 9. The van der Waals surface area contributed by atoms with Crippen molar-refractivity contribution >= 4 is 16.9 Å². The number of carbonyl (C=O) groups excluding carboxylic acids is 1. The Hall–Kier alpha value is -2.88. The fourth-order valence-electron chi connectivity index (χ4n) is 3.13. The van der Waals surface area contributed by atoms with E-state index in [9.17, 15) is 4.79 Å². The maximum absolute atomic E-state index is 12.0. The zero-order valence-corrected chi connectivity index (χ0v) is 15.0. The molecule has 26 heavy (non-hydrogen) atoms. The third-order valence-corrected chi connectivity index (χ3v) is 4.44. The first-order valence-electron chi connectivity index (χ1n) is 9.18. The van der Waals surface area contributed by atoms with Crippen LogP contribution in [0.1, 0.15) is 35.4 Å². The average Bonchev–Trinajstić information content (AvgIpc) is 3.03. The molecule has 0 bridgehead atoms. The molecule has 0 aliphatic rings. The molecular weight excluding hydrogens is 322 g/mol. The van der Waals surface area contributed by atoms with E-state index in [4.69, 9.17) is 4.98 Å². The predicted molar refractivity (Wildman–Crippen MR) is 106 cm³/mol. The number of fused-ring (bicyclic) bond motifs is 1. The van der Waals surface area contributed by atoms with Gasteiger partial charge in [-0.2, -0.15) is 0 Å². The molecule has 1 amide bonds. The molecule has 0 saturated carbocycles. The van der Waals surface area contributed by atoms with Crippen molar-refractivity contribution in [1.82, 2.24) is 14.9 Å². The molecular formula is C22H25N3O. The van der Waals surface area contributed by atoms with Crippen molar-refractivity contribution < 1.29 is 4.79 Å². The van der Waals surface area contributed by atoms with Crippen molar-refractivity contribution in [3.05, 3.63) is 78.6 Å². The largest absolute Gasteiger partial charge is 0.352 e. The van der Waals surface area contributed by atoms with Gasteiger partial charge in [0.15, 0.2) is 0 Å². The number of nitrogens with zero attached hydrogens (tertiary/aromatic N) is 2. The number of imidazole rings is 1. The summed E-state index contributed by atoms with van der Waals surface area (Å²) in [5.74, 6) is 1.11. The highest BCUT2D eigenvalue weighted by Gasteiger charge is 2.09. The van der Waals surface area contributed by atoms with Crippen molar-refractivity contribution in [2.45, 2.75) is 32.2 Å². The molecule has 2 aromatic carbocycles. The number of allylic oxidation sites excluding steroid dienone is 1. The number of benzene rings is 2. The van der Waals surface area contributed by atoms with E-state index in [-0.39, 0.29) is 5.91 Å². The summed E-state index contributed by atoms with van der Waals surface area (Å²) < 4.78 is 2.24. The molecule has 0 aliphatic heterocycles. The van der Waals surface area contributed by atoms with Gasteiger partial charge in [-0.25, -0.2) is 4.98 Å². The Morgan fingerprint density at radius 1 is 1.04 bits per heavy atom. The van der Waals surface area contributed by atoms with E-state index >= 15 is 0 Å². The monoisotopic (exact) mass is 347 g/mol. The van der Waals surface area contributed by atoms with E-state index in [0.29, 0.717) is 12.1 Å². The summed E-state index contributed by atoms with van der Waals surface area (Å²) in [5.41, 5.74) is 2.92. The Labute approximate surface area is 154 Å². The van der Waals surface area contributed by atoms with Crippen LogP contribution in [0.4, 0.5) is 0 Å². The normalized spacial score (nSPS) is 10.8. The number of carbonyl (C=O) groups is 1. The molecule has 4 heteroatoms. The first-order valence-corrected chi connectivity index (χ1v) is 9.18. The fraction of sp³-hybridized carbons (Fsp3) is 0.273. The lowest BCUT2D eigenvalue weighted by atomic mass is 10.1. The van der Waals surface area contributed by atoms with E-state index in [0.717, 1.165) is 49.1 Å². The maximum Gasteiger partial charge on any atom is 0.251 e. The number of nitrogens with one attached hydrogen (secondary N) is 1. The molecule has 0 spiro atoms. The predicted octanol–water partition coefficient (Wildman–Crippen LogP) is 4.37. The Morgan fingerprint density at radius 3 is 2.62 bits per heavy atom. The van der Waals surface area contributed by atoms with Gasteiger partial charge in [0.05, 0.1) is 11.0 Å². The number of hydrogen-bond acceptors (Lipinski definition) is 2. The van der Waals surface area contributed by atoms with Gasteiger partial charge in [0.2, 0.25) is 0 Å². The molecule has 4 nitrogen and oxygen atoms in total. The molecule has 0 saturated heterocycles. The summed E-state index contributed by atoms with van der Waals surface area (Å²) in [4.78, 5) is 16.7. The second kappa shape index (κ2) is 8.99. The summed E-state index contributed by atoms with van der Waals surface area (Å²) in [6, 6.07) is 17.6. The second-order valence-corrected chi connectivity index (χ2v) is 6.35. The van der Waals surface area contributed by atoms with E-state index in [1.807, 2.05) is 48.5 Å². The number of hydrogen-bond donors (Lipinski definition) is 1. The van der Waals surface area contributed by atoms with Crippen LogP contribution in [0.3, 0.4) is 0 Å². The highest BCUT2D eigenvalue weighted by molar-refractivity contribution is 5.94. The second-order valence-electron chi connectivity index (χ2n) is 6.35. The van der Waals surface area contributed by atoms with E-state index in [2.05, 4.69) is 28.6 Å². The molecule has 0 atom stereocenters. The fourth-order valence-corrected chi connectivity index (χ4v) is 3.13. The molecule has 1 N–H and O–H groups in total. The van der Waals surface area contributed by atoms with Crippen LogP contribution in [-0.2, 0) is 13.0 Å². The third kappa shape index (κ3) is 4.39. The maximum atomic E-state index is 12.0. The van der Waals surface area contributed by atoms with Gasteiger partial charge in [0.1, 0.15) is 5.82 Å². The van der Waals surface area contributed by atoms with Crippen LogP contribution >= 0.6 is 0 Å². The summed E-state index contributed by atoms with van der Waals surface area (Å²) in [7, 11) is 0. The van der Waals surface area contributed by atoms with Gasteiger partial charge in [0, 0.05) is 25.1 Å². The molecule has 0 unspecified atom stereocenters. The SMILES string of the molecule is C=CCn1c(CCCCCNC(=O)c2ccccc2)nc2ccccc21. The molecule has 134 valence electrons. The quantitative estimate of drug-likeness (QED) is 0.462. The van der Waals surface area contributed by atoms with Gasteiger partial charge in [0.25, 0.3) is 5.91 Å². The standard InChI is InChI=1S/C22H25N3O/c1-2-17-25-20-14-9-8-13-19(20)24-21(25)15-7-4-10-16-23-22(26)18-11-5-3-6-12-18/h2-3,5-6,8-9,11-14H,1,4,7,10,15-17H2,(H,23,26). The lowest BCUT2D eigenvalue weighted by Crippen LogP contribution is -2.24. The molecule has 1 aromatic heterocycles. The summed E-state index contributed by atoms with van der Waals surface area (Å²) in [6.07, 6.45) is 5.94. The van der Waals surface area contributed by atoms with Crippen LogP contribution in [0, 0.1) is 0 Å². The first-order chi connectivity index (χ1) is 12.8. The number of aromatic nitrogens is 2. The van der Waals surface area contributed by atoms with Crippen molar-refractivity contribution in [2.24, 2.45) is 0 Å². The number of amides is 1. The topological polar surface area (TPSA) is 46.9 Å². The van der Waals surface area contributed by atoms with Crippen molar-refractivity contribution in [3.63, 3.8) is 0 Å².